The van der Waals surface area contributed by atoms with Gasteiger partial charge in [0.25, 0.3) is 5.91 Å². The predicted octanol–water partition coefficient (Wildman–Crippen LogP) is 0.840. The standard InChI is InChI=1S/C11H11NO2/c1-8-5-9(3-4-11(12)13)7-10(6-8)14-2/h5-7H,1-2H3,(H2,12,13). The van der Waals surface area contributed by atoms with Crippen LogP contribution in [0.15, 0.2) is 18.2 Å². The van der Waals surface area contributed by atoms with Gasteiger partial charge in [-0.1, -0.05) is 5.92 Å². The predicted molar refractivity (Wildman–Crippen MR) is 53.8 cm³/mol. The molecule has 2 N–H and O–H groups in total. The fraction of sp³-hybridized carbons (Fsp3) is 0.182. The molecule has 0 aliphatic heterocycles. The third-order valence-electron chi connectivity index (χ3n) is 1.62. The molecule has 0 spiro atoms. The molecule has 0 radical (unpaired) electrons. The van der Waals surface area contributed by atoms with Gasteiger partial charge in [0.1, 0.15) is 5.75 Å². The van der Waals surface area contributed by atoms with Gasteiger partial charge in [-0.15, -0.1) is 0 Å². The number of rotatable bonds is 1. The molecule has 0 saturated heterocycles. The highest BCUT2D eigenvalue weighted by molar-refractivity contribution is 5.92. The van der Waals surface area contributed by atoms with Gasteiger partial charge in [-0.05, 0) is 36.6 Å². The Labute approximate surface area is 82.9 Å². The Balaban J connectivity index is 3.05. The van der Waals surface area contributed by atoms with Gasteiger partial charge in [0.05, 0.1) is 7.11 Å². The van der Waals surface area contributed by atoms with Gasteiger partial charge in [-0.25, -0.2) is 0 Å². The van der Waals surface area contributed by atoms with Crippen LogP contribution >= 0.6 is 0 Å². The zero-order valence-corrected chi connectivity index (χ0v) is 8.13. The smallest absolute Gasteiger partial charge is 0.293 e. The van der Waals surface area contributed by atoms with E-state index in [-0.39, 0.29) is 0 Å². The number of carbonyl (C=O) groups excluding carboxylic acids is 1. The van der Waals surface area contributed by atoms with Crippen molar-refractivity contribution in [3.8, 4) is 17.6 Å². The van der Waals surface area contributed by atoms with E-state index in [2.05, 4.69) is 11.8 Å². The van der Waals surface area contributed by atoms with Crippen molar-refractivity contribution in [2.45, 2.75) is 6.92 Å². The SMILES string of the molecule is COc1cc(C)cc(C#CC(N)=O)c1. The summed E-state index contributed by atoms with van der Waals surface area (Å²) >= 11 is 0. The number of hydrogen-bond acceptors (Lipinski definition) is 2. The largest absolute Gasteiger partial charge is 0.497 e. The van der Waals surface area contributed by atoms with Crippen molar-refractivity contribution in [1.29, 1.82) is 0 Å². The van der Waals surface area contributed by atoms with E-state index in [1.54, 1.807) is 13.2 Å². The summed E-state index contributed by atoms with van der Waals surface area (Å²) in [5.41, 5.74) is 6.65. The average Bonchev–Trinajstić information content (AvgIpc) is 2.14. The molecule has 0 bridgehead atoms. The number of amides is 1. The number of primary amides is 1. The Bertz CT molecular complexity index is 413. The van der Waals surface area contributed by atoms with E-state index in [0.29, 0.717) is 0 Å². The van der Waals surface area contributed by atoms with Crippen molar-refractivity contribution in [3.05, 3.63) is 29.3 Å². The number of carbonyl (C=O) groups is 1. The first-order valence-electron chi connectivity index (χ1n) is 4.09. The monoisotopic (exact) mass is 189 g/mol. The lowest BCUT2D eigenvalue weighted by Crippen LogP contribution is -2.06. The Morgan fingerprint density at radius 3 is 2.71 bits per heavy atom. The fourth-order valence-electron chi connectivity index (χ4n) is 1.07. The van der Waals surface area contributed by atoms with Gasteiger partial charge >= 0.3 is 0 Å². The summed E-state index contributed by atoms with van der Waals surface area (Å²) in [6.07, 6.45) is 0. The molecular weight excluding hydrogens is 178 g/mol. The minimum absolute atomic E-state index is 0.634. The fourth-order valence-corrected chi connectivity index (χ4v) is 1.07. The second-order valence-electron chi connectivity index (χ2n) is 2.85. The Morgan fingerprint density at radius 1 is 1.43 bits per heavy atom. The minimum atomic E-state index is -0.634. The third-order valence-corrected chi connectivity index (χ3v) is 1.62. The van der Waals surface area contributed by atoms with Crippen molar-refractivity contribution in [2.75, 3.05) is 7.11 Å². The van der Waals surface area contributed by atoms with Gasteiger partial charge in [0, 0.05) is 5.56 Å². The quantitative estimate of drug-likeness (QED) is 0.665. The molecule has 0 atom stereocenters. The molecule has 0 saturated carbocycles. The van der Waals surface area contributed by atoms with Crippen LogP contribution in [0.1, 0.15) is 11.1 Å². The van der Waals surface area contributed by atoms with Crippen LogP contribution in [-0.4, -0.2) is 13.0 Å². The van der Waals surface area contributed by atoms with E-state index in [1.165, 1.54) is 0 Å². The summed E-state index contributed by atoms with van der Waals surface area (Å²) in [5, 5.41) is 0. The van der Waals surface area contributed by atoms with Crippen LogP contribution in [0, 0.1) is 18.8 Å². The molecule has 14 heavy (non-hydrogen) atoms. The topological polar surface area (TPSA) is 52.3 Å². The van der Waals surface area contributed by atoms with Crippen LogP contribution in [-0.2, 0) is 4.79 Å². The summed E-state index contributed by atoms with van der Waals surface area (Å²) in [7, 11) is 1.58. The van der Waals surface area contributed by atoms with E-state index in [0.717, 1.165) is 16.9 Å². The summed E-state index contributed by atoms with van der Waals surface area (Å²) in [5.74, 6) is 5.02. The molecule has 0 heterocycles. The summed E-state index contributed by atoms with van der Waals surface area (Å²) in [6, 6.07) is 5.50. The van der Waals surface area contributed by atoms with Gasteiger partial charge < -0.3 is 10.5 Å². The zero-order chi connectivity index (χ0) is 10.6. The second kappa shape index (κ2) is 4.33. The van der Waals surface area contributed by atoms with Gasteiger partial charge in [-0.3, -0.25) is 4.79 Å². The number of benzene rings is 1. The van der Waals surface area contributed by atoms with Gasteiger partial charge in [-0.2, -0.15) is 0 Å². The average molecular weight is 189 g/mol. The molecule has 0 fully saturated rings. The van der Waals surface area contributed by atoms with Crippen LogP contribution < -0.4 is 10.5 Å². The summed E-state index contributed by atoms with van der Waals surface area (Å²) < 4.78 is 5.06. The number of aryl methyl sites for hydroxylation is 1. The maximum absolute atomic E-state index is 10.4. The Morgan fingerprint density at radius 2 is 2.14 bits per heavy atom. The Hall–Kier alpha value is -1.95. The molecule has 0 aromatic heterocycles. The number of ether oxygens (including phenoxy) is 1. The molecule has 3 nitrogen and oxygen atoms in total. The lowest BCUT2D eigenvalue weighted by atomic mass is 10.1. The maximum atomic E-state index is 10.4. The first kappa shape index (κ1) is 10.1. The molecule has 3 heteroatoms. The molecule has 1 rings (SSSR count). The highest BCUT2D eigenvalue weighted by atomic mass is 16.5. The van der Waals surface area contributed by atoms with E-state index in [1.807, 2.05) is 19.1 Å². The molecule has 0 aliphatic rings. The molecule has 1 aromatic carbocycles. The lowest BCUT2D eigenvalue weighted by molar-refractivity contribution is -0.112. The normalized spacial score (nSPS) is 8.71. The van der Waals surface area contributed by atoms with E-state index >= 15 is 0 Å². The first-order valence-corrected chi connectivity index (χ1v) is 4.09. The highest BCUT2D eigenvalue weighted by Crippen LogP contribution is 2.15. The van der Waals surface area contributed by atoms with Crippen LogP contribution in [0.25, 0.3) is 0 Å². The molecule has 1 aromatic rings. The molecule has 72 valence electrons. The van der Waals surface area contributed by atoms with Gasteiger partial charge in [0.2, 0.25) is 0 Å². The van der Waals surface area contributed by atoms with E-state index in [4.69, 9.17) is 10.5 Å². The number of nitrogens with two attached hydrogens (primary N) is 1. The molecule has 0 aliphatic carbocycles. The van der Waals surface area contributed by atoms with Crippen molar-refractivity contribution in [1.82, 2.24) is 0 Å². The number of hydrogen-bond donors (Lipinski definition) is 1. The van der Waals surface area contributed by atoms with Crippen molar-refractivity contribution < 1.29 is 9.53 Å². The molecular formula is C11H11NO2. The summed E-state index contributed by atoms with van der Waals surface area (Å²) in [6.45, 7) is 1.93. The van der Waals surface area contributed by atoms with Crippen LogP contribution in [0.5, 0.6) is 5.75 Å². The van der Waals surface area contributed by atoms with E-state index < -0.39 is 5.91 Å². The second-order valence-corrected chi connectivity index (χ2v) is 2.85. The zero-order valence-electron chi connectivity index (χ0n) is 8.13. The van der Waals surface area contributed by atoms with Crippen molar-refractivity contribution >= 4 is 5.91 Å². The molecule has 0 unspecified atom stereocenters. The van der Waals surface area contributed by atoms with Crippen molar-refractivity contribution in [2.24, 2.45) is 5.73 Å². The molecule has 1 amide bonds. The first-order chi connectivity index (χ1) is 6.61. The van der Waals surface area contributed by atoms with E-state index in [9.17, 15) is 4.79 Å². The lowest BCUT2D eigenvalue weighted by Gasteiger charge is -2.01. The highest BCUT2D eigenvalue weighted by Gasteiger charge is 1.95. The van der Waals surface area contributed by atoms with Crippen molar-refractivity contribution in [3.63, 3.8) is 0 Å². The number of methoxy groups -OCH3 is 1. The minimum Gasteiger partial charge on any atom is -0.497 e. The van der Waals surface area contributed by atoms with Crippen LogP contribution in [0.2, 0.25) is 0 Å². The van der Waals surface area contributed by atoms with Crippen LogP contribution in [0.3, 0.4) is 0 Å². The van der Waals surface area contributed by atoms with Crippen LogP contribution in [0.4, 0.5) is 0 Å². The maximum Gasteiger partial charge on any atom is 0.293 e. The van der Waals surface area contributed by atoms with Gasteiger partial charge in [0.15, 0.2) is 0 Å². The summed E-state index contributed by atoms with van der Waals surface area (Å²) in [4.78, 5) is 10.4. The Kier molecular flexibility index (Phi) is 3.14. The third kappa shape index (κ3) is 2.83.